The molecule has 1 N–H and O–H groups in total. The molecule has 7 heteroatoms. The van der Waals surface area contributed by atoms with Crippen LogP contribution in [0.5, 0.6) is 0 Å². The van der Waals surface area contributed by atoms with Crippen molar-refractivity contribution in [2.45, 2.75) is 38.1 Å². The second kappa shape index (κ2) is 6.52. The Balaban J connectivity index is 1.42. The molecule has 1 heterocycles. The summed E-state index contributed by atoms with van der Waals surface area (Å²) in [6, 6.07) is 0.220. The standard InChI is InChI=1S/C16H20N2O5/c19-13(17-10-5-6-10)9-23-14(20)7-8-18-15(21)11-3-1-2-4-12(11)16(18)22/h1-2,10-12H,3-9H2,(H,17,19)/t11-,12-/m0/s1. The minimum absolute atomic E-state index is 0.0216. The summed E-state index contributed by atoms with van der Waals surface area (Å²) in [6.07, 6.45) is 6.85. The molecule has 0 aromatic heterocycles. The lowest BCUT2D eigenvalue weighted by molar-refractivity contribution is -0.150. The van der Waals surface area contributed by atoms with Crippen LogP contribution in [0.4, 0.5) is 0 Å². The number of fused-ring (bicyclic) bond motifs is 1. The van der Waals surface area contributed by atoms with E-state index in [-0.39, 0.29) is 55.2 Å². The lowest BCUT2D eigenvalue weighted by Crippen LogP contribution is -2.34. The normalized spacial score (nSPS) is 26.2. The second-order valence-electron chi connectivity index (χ2n) is 6.24. The summed E-state index contributed by atoms with van der Waals surface area (Å²) >= 11 is 0. The molecule has 0 unspecified atom stereocenters. The molecule has 7 nitrogen and oxygen atoms in total. The van der Waals surface area contributed by atoms with Gasteiger partial charge in [0.05, 0.1) is 18.3 Å². The number of nitrogens with zero attached hydrogens (tertiary/aromatic N) is 1. The molecule has 0 radical (unpaired) electrons. The highest BCUT2D eigenvalue weighted by molar-refractivity contribution is 6.05. The van der Waals surface area contributed by atoms with Crippen LogP contribution in [0.15, 0.2) is 12.2 Å². The molecule has 124 valence electrons. The molecule has 2 aliphatic carbocycles. The Morgan fingerprint density at radius 2 is 1.74 bits per heavy atom. The molecule has 0 aromatic carbocycles. The molecule has 2 atom stereocenters. The van der Waals surface area contributed by atoms with Gasteiger partial charge in [-0.15, -0.1) is 0 Å². The number of amides is 3. The lowest BCUT2D eigenvalue weighted by Gasteiger charge is -2.14. The van der Waals surface area contributed by atoms with E-state index >= 15 is 0 Å². The van der Waals surface area contributed by atoms with Crippen LogP contribution in [0.25, 0.3) is 0 Å². The quantitative estimate of drug-likeness (QED) is 0.427. The van der Waals surface area contributed by atoms with E-state index in [4.69, 9.17) is 4.74 Å². The maximum absolute atomic E-state index is 12.2. The number of carbonyl (C=O) groups excluding carboxylic acids is 4. The van der Waals surface area contributed by atoms with Crippen molar-refractivity contribution in [3.8, 4) is 0 Å². The number of nitrogens with one attached hydrogen (secondary N) is 1. The van der Waals surface area contributed by atoms with E-state index in [2.05, 4.69) is 5.32 Å². The van der Waals surface area contributed by atoms with Crippen LogP contribution in [-0.4, -0.2) is 47.8 Å². The summed E-state index contributed by atoms with van der Waals surface area (Å²) in [4.78, 5) is 48.7. The van der Waals surface area contributed by atoms with Crippen molar-refractivity contribution in [2.24, 2.45) is 11.8 Å². The second-order valence-corrected chi connectivity index (χ2v) is 6.24. The summed E-state index contributed by atoms with van der Waals surface area (Å²) < 4.78 is 4.87. The van der Waals surface area contributed by atoms with Gasteiger partial charge in [-0.3, -0.25) is 24.1 Å². The molecular formula is C16H20N2O5. The Morgan fingerprint density at radius 3 is 2.30 bits per heavy atom. The van der Waals surface area contributed by atoms with Gasteiger partial charge in [0.25, 0.3) is 5.91 Å². The number of allylic oxidation sites excluding steroid dienone is 2. The van der Waals surface area contributed by atoms with Crippen molar-refractivity contribution >= 4 is 23.7 Å². The Labute approximate surface area is 134 Å². The van der Waals surface area contributed by atoms with Gasteiger partial charge in [-0.2, -0.15) is 0 Å². The maximum atomic E-state index is 12.2. The van der Waals surface area contributed by atoms with Crippen molar-refractivity contribution in [1.82, 2.24) is 10.2 Å². The zero-order chi connectivity index (χ0) is 16.4. The van der Waals surface area contributed by atoms with Crippen LogP contribution in [0.1, 0.15) is 32.1 Å². The molecule has 23 heavy (non-hydrogen) atoms. The molecule has 1 aliphatic heterocycles. The van der Waals surface area contributed by atoms with Gasteiger partial charge in [-0.05, 0) is 25.7 Å². The Kier molecular flexibility index (Phi) is 4.45. The van der Waals surface area contributed by atoms with E-state index in [1.165, 1.54) is 0 Å². The van der Waals surface area contributed by atoms with Crippen molar-refractivity contribution < 1.29 is 23.9 Å². The van der Waals surface area contributed by atoms with Gasteiger partial charge in [-0.25, -0.2) is 0 Å². The average molecular weight is 320 g/mol. The first-order chi connectivity index (χ1) is 11.1. The van der Waals surface area contributed by atoms with Gasteiger partial charge in [0.15, 0.2) is 6.61 Å². The third-order valence-electron chi connectivity index (χ3n) is 4.45. The van der Waals surface area contributed by atoms with Crippen LogP contribution in [0.2, 0.25) is 0 Å². The molecular weight excluding hydrogens is 300 g/mol. The van der Waals surface area contributed by atoms with Crippen molar-refractivity contribution in [3.05, 3.63) is 12.2 Å². The highest BCUT2D eigenvalue weighted by atomic mass is 16.5. The first kappa shape index (κ1) is 15.7. The van der Waals surface area contributed by atoms with E-state index in [1.807, 2.05) is 12.2 Å². The van der Waals surface area contributed by atoms with E-state index in [0.717, 1.165) is 17.7 Å². The monoisotopic (exact) mass is 320 g/mol. The Bertz CT molecular complexity index is 541. The number of ether oxygens (including phenoxy) is 1. The third kappa shape index (κ3) is 3.60. The van der Waals surface area contributed by atoms with E-state index in [1.54, 1.807) is 0 Å². The summed E-state index contributed by atoms with van der Waals surface area (Å²) in [5.74, 6) is -1.87. The van der Waals surface area contributed by atoms with Gasteiger partial charge in [0.2, 0.25) is 11.8 Å². The first-order valence-electron chi connectivity index (χ1n) is 8.01. The first-order valence-corrected chi connectivity index (χ1v) is 8.01. The number of hydrogen-bond donors (Lipinski definition) is 1. The van der Waals surface area contributed by atoms with Crippen LogP contribution in [0, 0.1) is 11.8 Å². The molecule has 0 spiro atoms. The van der Waals surface area contributed by atoms with Gasteiger partial charge in [-0.1, -0.05) is 12.2 Å². The number of hydrogen-bond acceptors (Lipinski definition) is 5. The zero-order valence-electron chi connectivity index (χ0n) is 12.8. The van der Waals surface area contributed by atoms with E-state index < -0.39 is 5.97 Å². The van der Waals surface area contributed by atoms with E-state index in [9.17, 15) is 19.2 Å². The predicted octanol–water partition coefficient (Wildman–Crippen LogP) is 0.150. The fraction of sp³-hybridized carbons (Fsp3) is 0.625. The third-order valence-corrected chi connectivity index (χ3v) is 4.45. The molecule has 3 amide bonds. The SMILES string of the molecule is O=C(COC(=O)CCN1C(=O)[C@H]2CC=CC[C@@H]2C1=O)NC1CC1. The minimum Gasteiger partial charge on any atom is -0.456 e. The lowest BCUT2D eigenvalue weighted by atomic mass is 9.85. The summed E-state index contributed by atoms with van der Waals surface area (Å²) in [5.41, 5.74) is 0. The molecule has 2 fully saturated rings. The van der Waals surface area contributed by atoms with Crippen LogP contribution < -0.4 is 5.32 Å². The summed E-state index contributed by atoms with van der Waals surface area (Å²) in [7, 11) is 0. The average Bonchev–Trinajstić information content (AvgIpc) is 3.32. The van der Waals surface area contributed by atoms with Gasteiger partial charge in [0, 0.05) is 12.6 Å². The minimum atomic E-state index is -0.579. The largest absolute Gasteiger partial charge is 0.456 e. The maximum Gasteiger partial charge on any atom is 0.308 e. The zero-order valence-corrected chi connectivity index (χ0v) is 12.8. The van der Waals surface area contributed by atoms with Crippen molar-refractivity contribution in [3.63, 3.8) is 0 Å². The number of imide groups is 1. The Morgan fingerprint density at radius 1 is 1.13 bits per heavy atom. The van der Waals surface area contributed by atoms with Gasteiger partial charge >= 0.3 is 5.97 Å². The highest BCUT2D eigenvalue weighted by Crippen LogP contribution is 2.34. The van der Waals surface area contributed by atoms with Gasteiger partial charge < -0.3 is 10.1 Å². The molecule has 1 saturated heterocycles. The molecule has 3 aliphatic rings. The molecule has 0 bridgehead atoms. The number of rotatable bonds is 6. The molecule has 3 rings (SSSR count). The summed E-state index contributed by atoms with van der Waals surface area (Å²) in [5, 5.41) is 2.71. The van der Waals surface area contributed by atoms with Crippen LogP contribution in [-0.2, 0) is 23.9 Å². The molecule has 0 aromatic rings. The fourth-order valence-corrected chi connectivity index (χ4v) is 3.01. The highest BCUT2D eigenvalue weighted by Gasteiger charge is 2.46. The smallest absolute Gasteiger partial charge is 0.308 e. The van der Waals surface area contributed by atoms with E-state index in [0.29, 0.717) is 12.8 Å². The number of esters is 1. The van der Waals surface area contributed by atoms with Crippen LogP contribution >= 0.6 is 0 Å². The number of carbonyl (C=O) groups is 4. The molecule has 1 saturated carbocycles. The van der Waals surface area contributed by atoms with Gasteiger partial charge in [0.1, 0.15) is 0 Å². The van der Waals surface area contributed by atoms with Crippen LogP contribution in [0.3, 0.4) is 0 Å². The Hall–Kier alpha value is -2.18. The van der Waals surface area contributed by atoms with Crippen molar-refractivity contribution in [1.29, 1.82) is 0 Å². The predicted molar refractivity (Wildman–Crippen MR) is 78.8 cm³/mol. The summed E-state index contributed by atoms with van der Waals surface area (Å²) in [6.45, 7) is -0.292. The fourth-order valence-electron chi connectivity index (χ4n) is 3.01. The number of likely N-dealkylation sites (tertiary alicyclic amines) is 1. The topological polar surface area (TPSA) is 92.8 Å². The van der Waals surface area contributed by atoms with Crippen molar-refractivity contribution in [2.75, 3.05) is 13.2 Å².